The third kappa shape index (κ3) is 4.08. The average molecular weight is 389 g/mol. The van der Waals surface area contributed by atoms with E-state index in [9.17, 15) is 10.1 Å². The maximum Gasteiger partial charge on any atom is 0.269 e. The second-order valence-electron chi connectivity index (χ2n) is 6.05. The lowest BCUT2D eigenvalue weighted by Gasteiger charge is -2.09. The molecule has 4 rings (SSSR count). The number of hydrogen-bond acceptors (Lipinski definition) is 8. The van der Waals surface area contributed by atoms with Crippen LogP contribution >= 0.6 is 0 Å². The highest BCUT2D eigenvalue weighted by atomic mass is 16.6. The van der Waals surface area contributed by atoms with Gasteiger partial charge in [0.15, 0.2) is 5.82 Å². The zero-order chi connectivity index (χ0) is 20.2. The van der Waals surface area contributed by atoms with E-state index in [4.69, 9.17) is 9.15 Å². The number of nitro groups is 1. The Hall–Kier alpha value is -4.14. The molecule has 0 amide bonds. The smallest absolute Gasteiger partial charge is 0.269 e. The first-order chi connectivity index (χ1) is 14.1. The highest BCUT2D eigenvalue weighted by Crippen LogP contribution is 2.28. The molecule has 9 heteroatoms. The van der Waals surface area contributed by atoms with Gasteiger partial charge in [-0.25, -0.2) is 4.98 Å². The number of aromatic nitrogens is 4. The lowest BCUT2D eigenvalue weighted by Crippen LogP contribution is -1.98. The number of nitrogens with zero attached hydrogens (tertiary/aromatic N) is 5. The van der Waals surface area contributed by atoms with E-state index in [-0.39, 0.29) is 5.69 Å². The van der Waals surface area contributed by atoms with Crippen LogP contribution in [0.25, 0.3) is 22.8 Å². The third-order valence-electron chi connectivity index (χ3n) is 4.12. The molecule has 0 aliphatic heterocycles. The Morgan fingerprint density at radius 1 is 1.07 bits per heavy atom. The number of ether oxygens (including phenoxy) is 1. The lowest BCUT2D eigenvalue weighted by molar-refractivity contribution is -0.384. The first-order valence-electron chi connectivity index (χ1n) is 8.79. The SMILES string of the molecule is CCc1cc(Oc2cccc(-c3nnco3)c2)nc(-c2ccc([N+](=O)[O-])cc2)n1. The molecule has 0 saturated heterocycles. The molecule has 2 aromatic carbocycles. The van der Waals surface area contributed by atoms with Gasteiger partial charge in [-0.1, -0.05) is 13.0 Å². The van der Waals surface area contributed by atoms with E-state index in [0.29, 0.717) is 35.3 Å². The van der Waals surface area contributed by atoms with Crippen LogP contribution in [0.1, 0.15) is 12.6 Å². The number of rotatable bonds is 6. The van der Waals surface area contributed by atoms with Crippen molar-refractivity contribution in [2.75, 3.05) is 0 Å². The van der Waals surface area contributed by atoms with Crippen molar-refractivity contribution in [3.05, 3.63) is 76.8 Å². The van der Waals surface area contributed by atoms with Gasteiger partial charge in [-0.15, -0.1) is 10.2 Å². The van der Waals surface area contributed by atoms with Crippen LogP contribution in [0.15, 0.2) is 65.4 Å². The number of aryl methyl sites for hydroxylation is 1. The van der Waals surface area contributed by atoms with E-state index in [0.717, 1.165) is 11.3 Å². The fraction of sp³-hybridized carbons (Fsp3) is 0.100. The van der Waals surface area contributed by atoms with Crippen LogP contribution in [0.3, 0.4) is 0 Å². The molecular weight excluding hydrogens is 374 g/mol. The lowest BCUT2D eigenvalue weighted by atomic mass is 10.2. The summed E-state index contributed by atoms with van der Waals surface area (Å²) in [4.78, 5) is 19.4. The van der Waals surface area contributed by atoms with Gasteiger partial charge in [0, 0.05) is 35.0 Å². The molecule has 0 N–H and O–H groups in total. The number of non-ortho nitro benzene ring substituents is 1. The van der Waals surface area contributed by atoms with Crippen molar-refractivity contribution >= 4 is 5.69 Å². The molecule has 2 aromatic heterocycles. The first kappa shape index (κ1) is 18.2. The highest BCUT2D eigenvalue weighted by molar-refractivity contribution is 5.58. The second kappa shape index (κ2) is 7.85. The molecule has 2 heterocycles. The van der Waals surface area contributed by atoms with Crippen LogP contribution in [0.4, 0.5) is 5.69 Å². The Bertz CT molecular complexity index is 1140. The monoisotopic (exact) mass is 389 g/mol. The summed E-state index contributed by atoms with van der Waals surface area (Å²) in [6, 6.07) is 15.0. The molecule has 0 saturated carbocycles. The topological polar surface area (TPSA) is 117 Å². The Balaban J connectivity index is 1.65. The summed E-state index contributed by atoms with van der Waals surface area (Å²) < 4.78 is 11.1. The number of nitro benzene ring substituents is 1. The van der Waals surface area contributed by atoms with Crippen molar-refractivity contribution in [3.8, 4) is 34.5 Å². The van der Waals surface area contributed by atoms with Gasteiger partial charge in [0.05, 0.1) is 4.92 Å². The molecule has 0 atom stereocenters. The minimum atomic E-state index is -0.446. The molecule has 0 aliphatic carbocycles. The molecule has 29 heavy (non-hydrogen) atoms. The normalized spacial score (nSPS) is 10.7. The molecular formula is C20H15N5O4. The number of benzene rings is 2. The van der Waals surface area contributed by atoms with Gasteiger partial charge in [-0.2, -0.15) is 4.98 Å². The van der Waals surface area contributed by atoms with Crippen LogP contribution in [0.2, 0.25) is 0 Å². The molecule has 0 aliphatic rings. The highest BCUT2D eigenvalue weighted by Gasteiger charge is 2.12. The van der Waals surface area contributed by atoms with Gasteiger partial charge in [-0.05, 0) is 36.8 Å². The average Bonchev–Trinajstić information content (AvgIpc) is 3.29. The zero-order valence-electron chi connectivity index (χ0n) is 15.3. The van der Waals surface area contributed by atoms with E-state index >= 15 is 0 Å². The van der Waals surface area contributed by atoms with Crippen molar-refractivity contribution in [2.45, 2.75) is 13.3 Å². The molecule has 144 valence electrons. The number of hydrogen-bond donors (Lipinski definition) is 0. The quantitative estimate of drug-likeness (QED) is 0.350. The summed E-state index contributed by atoms with van der Waals surface area (Å²) in [5, 5.41) is 18.4. The van der Waals surface area contributed by atoms with Gasteiger partial charge in [0.2, 0.25) is 18.2 Å². The largest absolute Gasteiger partial charge is 0.439 e. The van der Waals surface area contributed by atoms with E-state index in [2.05, 4.69) is 20.2 Å². The van der Waals surface area contributed by atoms with Crippen LogP contribution in [0, 0.1) is 10.1 Å². The van der Waals surface area contributed by atoms with Gasteiger partial charge in [0.25, 0.3) is 5.69 Å². The van der Waals surface area contributed by atoms with Gasteiger partial charge < -0.3 is 9.15 Å². The van der Waals surface area contributed by atoms with Gasteiger partial charge in [0.1, 0.15) is 5.75 Å². The first-order valence-corrected chi connectivity index (χ1v) is 8.79. The van der Waals surface area contributed by atoms with Crippen molar-refractivity contribution < 1.29 is 14.1 Å². The van der Waals surface area contributed by atoms with Crippen molar-refractivity contribution in [3.63, 3.8) is 0 Å². The molecule has 0 spiro atoms. The van der Waals surface area contributed by atoms with E-state index in [1.807, 2.05) is 19.1 Å². The van der Waals surface area contributed by atoms with E-state index in [1.54, 1.807) is 30.3 Å². The van der Waals surface area contributed by atoms with Gasteiger partial charge >= 0.3 is 0 Å². The molecule has 0 fully saturated rings. The predicted octanol–water partition coefficient (Wildman–Crippen LogP) is 4.46. The fourth-order valence-corrected chi connectivity index (χ4v) is 2.68. The van der Waals surface area contributed by atoms with Crippen LogP contribution in [-0.2, 0) is 6.42 Å². The predicted molar refractivity (Wildman–Crippen MR) is 103 cm³/mol. The summed E-state index contributed by atoms with van der Waals surface area (Å²) in [6.07, 6.45) is 1.94. The summed E-state index contributed by atoms with van der Waals surface area (Å²) in [5.41, 5.74) is 2.18. The van der Waals surface area contributed by atoms with Crippen molar-refractivity contribution in [1.29, 1.82) is 0 Å². The Kier molecular flexibility index (Phi) is 4.93. The molecule has 0 bridgehead atoms. The zero-order valence-corrected chi connectivity index (χ0v) is 15.3. The van der Waals surface area contributed by atoms with Crippen molar-refractivity contribution in [2.24, 2.45) is 0 Å². The maximum absolute atomic E-state index is 10.9. The summed E-state index contributed by atoms with van der Waals surface area (Å²) in [5.74, 6) is 1.74. The summed E-state index contributed by atoms with van der Waals surface area (Å²) >= 11 is 0. The molecule has 0 unspecified atom stereocenters. The second-order valence-corrected chi connectivity index (χ2v) is 6.05. The van der Waals surface area contributed by atoms with Crippen molar-refractivity contribution in [1.82, 2.24) is 20.2 Å². The minimum Gasteiger partial charge on any atom is -0.439 e. The summed E-state index contributed by atoms with van der Waals surface area (Å²) in [7, 11) is 0. The molecule has 0 radical (unpaired) electrons. The van der Waals surface area contributed by atoms with Crippen LogP contribution < -0.4 is 4.74 Å². The van der Waals surface area contributed by atoms with E-state index in [1.165, 1.54) is 18.5 Å². The Morgan fingerprint density at radius 2 is 1.90 bits per heavy atom. The third-order valence-corrected chi connectivity index (χ3v) is 4.12. The van der Waals surface area contributed by atoms with Crippen LogP contribution in [-0.4, -0.2) is 25.1 Å². The Morgan fingerprint density at radius 3 is 2.59 bits per heavy atom. The maximum atomic E-state index is 10.9. The van der Waals surface area contributed by atoms with E-state index < -0.39 is 4.92 Å². The minimum absolute atomic E-state index is 0.00899. The fourth-order valence-electron chi connectivity index (χ4n) is 2.68. The standard InChI is InChI=1S/C20H15N5O4/c1-2-15-11-18(23-19(22-15)13-6-8-16(9-7-13)25(26)27)29-17-5-3-4-14(10-17)20-24-21-12-28-20/h3-12H,2H2,1H3. The van der Waals surface area contributed by atoms with Crippen LogP contribution in [0.5, 0.6) is 11.6 Å². The summed E-state index contributed by atoms with van der Waals surface area (Å²) in [6.45, 7) is 1.97. The van der Waals surface area contributed by atoms with Gasteiger partial charge in [-0.3, -0.25) is 10.1 Å². The molecule has 4 aromatic rings. The Labute approximate surface area is 165 Å². The molecule has 9 nitrogen and oxygen atoms in total.